The highest BCUT2D eigenvalue weighted by Gasteiger charge is 2.48. The Hall–Kier alpha value is -4.62. The third-order valence-electron chi connectivity index (χ3n) is 8.13. The normalized spacial score (nSPS) is 14.8. The molecule has 1 aliphatic heterocycles. The third-order valence-corrected chi connectivity index (χ3v) is 8.13. The lowest BCUT2D eigenvalue weighted by molar-refractivity contribution is -0.160. The summed E-state index contributed by atoms with van der Waals surface area (Å²) in [6, 6.07) is 9.75. The van der Waals surface area contributed by atoms with Gasteiger partial charge in [0.05, 0.1) is 32.9 Å². The van der Waals surface area contributed by atoms with Crippen molar-refractivity contribution in [1.29, 1.82) is 0 Å². The molecule has 0 radical (unpaired) electrons. The Morgan fingerprint density at radius 2 is 1.60 bits per heavy atom. The van der Waals surface area contributed by atoms with E-state index in [1.807, 2.05) is 6.07 Å². The number of hydrogen-bond acceptors (Lipinski definition) is 7. The summed E-state index contributed by atoms with van der Waals surface area (Å²) in [4.78, 5) is 33.0. The summed E-state index contributed by atoms with van der Waals surface area (Å²) in [6.45, 7) is -0.0249. The van der Waals surface area contributed by atoms with E-state index in [-0.39, 0.29) is 49.9 Å². The summed E-state index contributed by atoms with van der Waals surface area (Å²) in [5.74, 6) is -5.42. The average Bonchev–Trinajstić information content (AvgIpc) is 3.56. The Morgan fingerprint density at radius 3 is 2.23 bits per heavy atom. The van der Waals surface area contributed by atoms with Crippen molar-refractivity contribution in [2.45, 2.75) is 50.2 Å². The van der Waals surface area contributed by atoms with Gasteiger partial charge in [0.15, 0.2) is 11.5 Å². The maximum atomic E-state index is 15.7. The molecule has 260 valence electrons. The largest absolute Gasteiger partial charge is 0.493 e. The number of carbonyl (C=O) groups is 2. The maximum absolute atomic E-state index is 15.7. The second kappa shape index (κ2) is 16.0. The molecule has 0 unspecified atom stereocenters. The number of amides is 2. The van der Waals surface area contributed by atoms with Crippen LogP contribution in [0.1, 0.15) is 41.5 Å². The second-order valence-corrected chi connectivity index (χ2v) is 11.3. The number of aromatic nitrogens is 1. The SMILES string of the molecule is COc1cc(C(F)(F)C(=O)N2CCC[C@H]2COC(=O)N(CCCc2cccnc2)CCc2cccc(C(F)(F)F)c2)cc(OC)c1OC. The van der Waals surface area contributed by atoms with Crippen LogP contribution in [0.15, 0.2) is 60.9 Å². The number of rotatable bonds is 14. The summed E-state index contributed by atoms with van der Waals surface area (Å²) < 4.78 is 92.2. The van der Waals surface area contributed by atoms with Gasteiger partial charge < -0.3 is 28.7 Å². The third kappa shape index (κ3) is 8.84. The van der Waals surface area contributed by atoms with Crippen LogP contribution in [0.2, 0.25) is 0 Å². The van der Waals surface area contributed by atoms with Gasteiger partial charge in [0.1, 0.15) is 6.61 Å². The summed E-state index contributed by atoms with van der Waals surface area (Å²) in [7, 11) is 3.87. The van der Waals surface area contributed by atoms with Crippen LogP contribution < -0.4 is 14.2 Å². The van der Waals surface area contributed by atoms with Gasteiger partial charge in [-0.2, -0.15) is 22.0 Å². The minimum Gasteiger partial charge on any atom is -0.493 e. The highest BCUT2D eigenvalue weighted by atomic mass is 19.4. The van der Waals surface area contributed by atoms with Gasteiger partial charge in [-0.15, -0.1) is 0 Å². The van der Waals surface area contributed by atoms with E-state index in [0.29, 0.717) is 31.2 Å². The minimum atomic E-state index is -4.51. The molecule has 9 nitrogen and oxygen atoms in total. The molecule has 3 aromatic rings. The summed E-state index contributed by atoms with van der Waals surface area (Å²) in [5, 5.41) is 0. The molecule has 0 spiro atoms. The van der Waals surface area contributed by atoms with Gasteiger partial charge in [0.25, 0.3) is 5.91 Å². The minimum absolute atomic E-state index is 0.0332. The van der Waals surface area contributed by atoms with Crippen molar-refractivity contribution in [3.05, 3.63) is 83.2 Å². The number of benzene rings is 2. The molecule has 4 rings (SSSR count). The van der Waals surface area contributed by atoms with E-state index in [0.717, 1.165) is 34.7 Å². The Morgan fingerprint density at radius 1 is 0.896 bits per heavy atom. The van der Waals surface area contributed by atoms with Crippen molar-refractivity contribution in [1.82, 2.24) is 14.8 Å². The fourth-order valence-electron chi connectivity index (χ4n) is 5.58. The molecule has 2 amide bonds. The van der Waals surface area contributed by atoms with Crippen molar-refractivity contribution in [3.8, 4) is 17.2 Å². The number of halogens is 5. The van der Waals surface area contributed by atoms with Crippen LogP contribution in [0.4, 0.5) is 26.7 Å². The predicted octanol–water partition coefficient (Wildman–Crippen LogP) is 6.52. The molecule has 48 heavy (non-hydrogen) atoms. The molecular formula is C34H38F5N3O6. The molecule has 0 aliphatic carbocycles. The Kier molecular flexibility index (Phi) is 12.1. The molecule has 2 aromatic carbocycles. The molecule has 0 N–H and O–H groups in total. The Balaban J connectivity index is 1.45. The first-order valence-electron chi connectivity index (χ1n) is 15.3. The van der Waals surface area contributed by atoms with E-state index >= 15 is 8.78 Å². The number of pyridine rings is 1. The van der Waals surface area contributed by atoms with Crippen LogP contribution in [0.5, 0.6) is 17.2 Å². The van der Waals surface area contributed by atoms with Crippen LogP contribution >= 0.6 is 0 Å². The molecule has 0 bridgehead atoms. The smallest absolute Gasteiger partial charge is 0.416 e. The molecule has 14 heteroatoms. The van der Waals surface area contributed by atoms with E-state index in [1.165, 1.54) is 32.3 Å². The fourth-order valence-corrected chi connectivity index (χ4v) is 5.58. The van der Waals surface area contributed by atoms with Crippen molar-refractivity contribution in [2.75, 3.05) is 47.6 Å². The van der Waals surface area contributed by atoms with Crippen LogP contribution in [0.3, 0.4) is 0 Å². The van der Waals surface area contributed by atoms with Gasteiger partial charge in [0, 0.05) is 37.6 Å². The highest BCUT2D eigenvalue weighted by molar-refractivity contribution is 5.86. The van der Waals surface area contributed by atoms with Crippen LogP contribution in [0, 0.1) is 0 Å². The zero-order valence-corrected chi connectivity index (χ0v) is 26.9. The highest BCUT2D eigenvalue weighted by Crippen LogP contribution is 2.43. The number of ether oxygens (including phenoxy) is 4. The van der Waals surface area contributed by atoms with Gasteiger partial charge in [0.2, 0.25) is 5.75 Å². The molecule has 1 fully saturated rings. The number of hydrogen-bond donors (Lipinski definition) is 0. The van der Waals surface area contributed by atoms with Crippen molar-refractivity contribution < 1.29 is 50.5 Å². The number of likely N-dealkylation sites (tertiary alicyclic amines) is 1. The van der Waals surface area contributed by atoms with Gasteiger partial charge in [-0.05, 0) is 67.5 Å². The van der Waals surface area contributed by atoms with Crippen molar-refractivity contribution in [3.63, 3.8) is 0 Å². The molecule has 0 saturated carbocycles. The Bertz CT molecular complexity index is 1510. The number of alkyl halides is 5. The fraction of sp³-hybridized carbons (Fsp3) is 0.441. The quantitative estimate of drug-likeness (QED) is 0.179. The standard InChI is InChI=1S/C34H38F5N3O6/c1-45-28-19-26(20-29(46-2)30(28)47-3)33(35,36)31(43)42-16-7-12-27(42)22-48-32(44)41(15-6-10-24-9-5-14-40-21-24)17-13-23-8-4-11-25(18-23)34(37,38)39/h4-5,8-9,11,14,18-21,27H,6-7,10,12-13,15-17,22H2,1-3H3/t27-/m0/s1. The second-order valence-electron chi connectivity index (χ2n) is 11.3. The average molecular weight is 680 g/mol. The van der Waals surface area contributed by atoms with Gasteiger partial charge in [-0.3, -0.25) is 9.78 Å². The van der Waals surface area contributed by atoms with E-state index in [1.54, 1.807) is 24.5 Å². The number of carbonyl (C=O) groups excluding carboxylic acids is 2. The predicted molar refractivity (Wildman–Crippen MR) is 165 cm³/mol. The number of methoxy groups -OCH3 is 3. The molecule has 1 aromatic heterocycles. The van der Waals surface area contributed by atoms with Crippen LogP contribution in [-0.4, -0.2) is 80.4 Å². The first-order chi connectivity index (χ1) is 22.9. The number of aryl methyl sites for hydroxylation is 1. The zero-order valence-electron chi connectivity index (χ0n) is 26.9. The molecule has 1 atom stereocenters. The summed E-state index contributed by atoms with van der Waals surface area (Å²) >= 11 is 0. The summed E-state index contributed by atoms with van der Waals surface area (Å²) in [6.07, 6.45) is 0.0420. The molecular weight excluding hydrogens is 641 g/mol. The van der Waals surface area contributed by atoms with Gasteiger partial charge in [-0.1, -0.05) is 24.3 Å². The first kappa shape index (κ1) is 36.2. The van der Waals surface area contributed by atoms with Crippen LogP contribution in [-0.2, 0) is 34.5 Å². The molecule has 1 saturated heterocycles. The van der Waals surface area contributed by atoms with Gasteiger partial charge >= 0.3 is 18.2 Å². The topological polar surface area (TPSA) is 90.4 Å². The van der Waals surface area contributed by atoms with E-state index in [9.17, 15) is 22.8 Å². The first-order valence-corrected chi connectivity index (χ1v) is 15.3. The zero-order chi connectivity index (χ0) is 34.9. The lowest BCUT2D eigenvalue weighted by Crippen LogP contribution is -2.47. The van der Waals surface area contributed by atoms with Crippen molar-refractivity contribution in [2.24, 2.45) is 0 Å². The monoisotopic (exact) mass is 679 g/mol. The van der Waals surface area contributed by atoms with Crippen LogP contribution in [0.25, 0.3) is 0 Å². The maximum Gasteiger partial charge on any atom is 0.416 e. The van der Waals surface area contributed by atoms with Crippen molar-refractivity contribution >= 4 is 12.0 Å². The van der Waals surface area contributed by atoms with E-state index in [2.05, 4.69) is 4.98 Å². The Labute approximate surface area is 275 Å². The molecule has 2 heterocycles. The number of nitrogens with zero attached hydrogens (tertiary/aromatic N) is 3. The van der Waals surface area contributed by atoms with E-state index < -0.39 is 41.3 Å². The van der Waals surface area contributed by atoms with E-state index in [4.69, 9.17) is 18.9 Å². The lowest BCUT2D eigenvalue weighted by atomic mass is 10.0. The molecule has 1 aliphatic rings. The summed E-state index contributed by atoms with van der Waals surface area (Å²) in [5.41, 5.74) is -0.118. The lowest BCUT2D eigenvalue weighted by Gasteiger charge is -2.30. The van der Waals surface area contributed by atoms with Gasteiger partial charge in [-0.25, -0.2) is 4.79 Å².